The van der Waals surface area contributed by atoms with E-state index < -0.39 is 0 Å². The number of rotatable bonds is 7. The number of piperidine rings is 1. The van der Waals surface area contributed by atoms with E-state index in [1.54, 1.807) is 0 Å². The van der Waals surface area contributed by atoms with Gasteiger partial charge in [0.05, 0.1) is 12.6 Å². The molecule has 2 fully saturated rings. The summed E-state index contributed by atoms with van der Waals surface area (Å²) in [5, 5.41) is 3.56. The van der Waals surface area contributed by atoms with E-state index in [2.05, 4.69) is 30.1 Å². The Kier molecular flexibility index (Phi) is 4.99. The van der Waals surface area contributed by atoms with Crippen LogP contribution in [0.15, 0.2) is 10.5 Å². The van der Waals surface area contributed by atoms with E-state index in [9.17, 15) is 0 Å². The first-order valence-corrected chi connectivity index (χ1v) is 8.40. The van der Waals surface area contributed by atoms with Crippen molar-refractivity contribution in [2.24, 2.45) is 0 Å². The van der Waals surface area contributed by atoms with Gasteiger partial charge in [0.25, 0.3) is 0 Å². The Morgan fingerprint density at radius 3 is 3.00 bits per heavy atom. The molecule has 0 aromatic carbocycles. The Bertz CT molecular complexity index is 452. The van der Waals surface area contributed by atoms with Crippen LogP contribution in [0, 0.1) is 6.92 Å². The summed E-state index contributed by atoms with van der Waals surface area (Å²) in [6.45, 7) is 9.01. The van der Waals surface area contributed by atoms with E-state index in [1.807, 2.05) is 0 Å². The molecule has 0 spiro atoms. The molecule has 1 aliphatic carbocycles. The SMILES string of the molecule is CCOC1CCCN(Cc2cc(CNC3CC3)c(C)o2)C1. The smallest absolute Gasteiger partial charge is 0.118 e. The summed E-state index contributed by atoms with van der Waals surface area (Å²) < 4.78 is 11.7. The summed E-state index contributed by atoms with van der Waals surface area (Å²) in [5.74, 6) is 2.16. The maximum atomic E-state index is 5.94. The van der Waals surface area contributed by atoms with Crippen molar-refractivity contribution in [1.29, 1.82) is 0 Å². The number of ether oxygens (including phenoxy) is 1. The quantitative estimate of drug-likeness (QED) is 0.838. The molecule has 4 heteroatoms. The third kappa shape index (κ3) is 4.31. The number of hydrogen-bond acceptors (Lipinski definition) is 4. The summed E-state index contributed by atoms with van der Waals surface area (Å²) >= 11 is 0. The highest BCUT2D eigenvalue weighted by Gasteiger charge is 2.23. The summed E-state index contributed by atoms with van der Waals surface area (Å²) in [5.41, 5.74) is 1.32. The second kappa shape index (κ2) is 6.95. The van der Waals surface area contributed by atoms with E-state index in [4.69, 9.17) is 9.15 Å². The van der Waals surface area contributed by atoms with Gasteiger partial charge in [0.15, 0.2) is 0 Å². The Balaban J connectivity index is 1.52. The van der Waals surface area contributed by atoms with Crippen molar-refractivity contribution < 1.29 is 9.15 Å². The van der Waals surface area contributed by atoms with E-state index in [0.717, 1.165) is 50.3 Å². The molecule has 0 amide bonds. The minimum atomic E-state index is 0.399. The van der Waals surface area contributed by atoms with Gasteiger partial charge in [-0.25, -0.2) is 0 Å². The monoisotopic (exact) mass is 292 g/mol. The summed E-state index contributed by atoms with van der Waals surface area (Å²) in [4.78, 5) is 2.46. The minimum absolute atomic E-state index is 0.399. The average Bonchev–Trinajstić information content (AvgIpc) is 3.22. The molecule has 2 heterocycles. The summed E-state index contributed by atoms with van der Waals surface area (Å²) in [7, 11) is 0. The van der Waals surface area contributed by atoms with Crippen LogP contribution in [0.25, 0.3) is 0 Å². The van der Waals surface area contributed by atoms with Crippen molar-refractivity contribution in [3.8, 4) is 0 Å². The molecule has 1 N–H and O–H groups in total. The van der Waals surface area contributed by atoms with Gasteiger partial charge in [-0.3, -0.25) is 4.90 Å². The van der Waals surface area contributed by atoms with E-state index in [0.29, 0.717) is 6.10 Å². The van der Waals surface area contributed by atoms with Gasteiger partial charge in [-0.15, -0.1) is 0 Å². The number of nitrogens with one attached hydrogen (secondary N) is 1. The lowest BCUT2D eigenvalue weighted by atomic mass is 10.1. The largest absolute Gasteiger partial charge is 0.465 e. The molecule has 1 aliphatic heterocycles. The van der Waals surface area contributed by atoms with Crippen LogP contribution in [0.3, 0.4) is 0 Å². The van der Waals surface area contributed by atoms with Crippen molar-refractivity contribution in [3.05, 3.63) is 23.2 Å². The molecule has 4 nitrogen and oxygen atoms in total. The summed E-state index contributed by atoms with van der Waals surface area (Å²) in [6.07, 6.45) is 5.47. The third-order valence-electron chi connectivity index (χ3n) is 4.47. The van der Waals surface area contributed by atoms with Crippen LogP contribution in [-0.4, -0.2) is 36.7 Å². The van der Waals surface area contributed by atoms with E-state index >= 15 is 0 Å². The van der Waals surface area contributed by atoms with Crippen LogP contribution in [-0.2, 0) is 17.8 Å². The number of hydrogen-bond donors (Lipinski definition) is 1. The van der Waals surface area contributed by atoms with Crippen molar-refractivity contribution in [2.75, 3.05) is 19.7 Å². The first kappa shape index (κ1) is 15.1. The molecule has 1 atom stereocenters. The standard InChI is InChI=1S/C17H28N2O2/c1-3-20-16-5-4-8-19(11-16)12-17-9-14(13(2)21-17)10-18-15-6-7-15/h9,15-16,18H,3-8,10-12H2,1-2H3. The molecule has 1 saturated heterocycles. The Labute approximate surface area is 127 Å². The van der Waals surface area contributed by atoms with Crippen LogP contribution >= 0.6 is 0 Å². The molecule has 1 aromatic heterocycles. The van der Waals surface area contributed by atoms with Crippen molar-refractivity contribution >= 4 is 0 Å². The molecule has 1 unspecified atom stereocenters. The van der Waals surface area contributed by atoms with Gasteiger partial charge >= 0.3 is 0 Å². The fraction of sp³-hybridized carbons (Fsp3) is 0.765. The molecular weight excluding hydrogens is 264 g/mol. The Morgan fingerprint density at radius 2 is 2.24 bits per heavy atom. The highest BCUT2D eigenvalue weighted by Crippen LogP contribution is 2.22. The molecular formula is C17H28N2O2. The number of nitrogens with zero attached hydrogens (tertiary/aromatic N) is 1. The zero-order valence-corrected chi connectivity index (χ0v) is 13.4. The highest BCUT2D eigenvalue weighted by atomic mass is 16.5. The zero-order valence-electron chi connectivity index (χ0n) is 13.4. The second-order valence-electron chi connectivity index (χ2n) is 6.40. The summed E-state index contributed by atoms with van der Waals surface area (Å²) in [6, 6.07) is 2.98. The predicted octanol–water partition coefficient (Wildman–Crippen LogP) is 2.84. The van der Waals surface area contributed by atoms with E-state index in [-0.39, 0.29) is 0 Å². The molecule has 1 saturated carbocycles. The zero-order chi connectivity index (χ0) is 14.7. The third-order valence-corrected chi connectivity index (χ3v) is 4.47. The molecule has 1 aromatic rings. The Morgan fingerprint density at radius 1 is 1.38 bits per heavy atom. The fourth-order valence-corrected chi connectivity index (χ4v) is 3.13. The van der Waals surface area contributed by atoms with Gasteiger partial charge in [-0.05, 0) is 52.1 Å². The van der Waals surface area contributed by atoms with Crippen molar-refractivity contribution in [3.63, 3.8) is 0 Å². The van der Waals surface area contributed by atoms with Crippen molar-refractivity contribution in [2.45, 2.75) is 64.8 Å². The normalized spacial score (nSPS) is 23.6. The fourth-order valence-electron chi connectivity index (χ4n) is 3.13. The van der Waals surface area contributed by atoms with E-state index in [1.165, 1.54) is 31.2 Å². The van der Waals surface area contributed by atoms with Crippen LogP contribution in [0.4, 0.5) is 0 Å². The second-order valence-corrected chi connectivity index (χ2v) is 6.40. The first-order chi connectivity index (χ1) is 10.2. The molecule has 118 valence electrons. The van der Waals surface area contributed by atoms with Gasteiger partial charge < -0.3 is 14.5 Å². The number of furan rings is 1. The number of likely N-dealkylation sites (tertiary alicyclic amines) is 1. The molecule has 0 bridgehead atoms. The average molecular weight is 292 g/mol. The molecule has 0 radical (unpaired) electrons. The lowest BCUT2D eigenvalue weighted by Gasteiger charge is -2.31. The van der Waals surface area contributed by atoms with Crippen LogP contribution in [0.1, 0.15) is 49.7 Å². The van der Waals surface area contributed by atoms with Crippen LogP contribution < -0.4 is 5.32 Å². The lowest BCUT2D eigenvalue weighted by molar-refractivity contribution is 0.00196. The van der Waals surface area contributed by atoms with Gasteiger partial charge in [0.2, 0.25) is 0 Å². The van der Waals surface area contributed by atoms with Gasteiger partial charge in [0.1, 0.15) is 11.5 Å². The molecule has 21 heavy (non-hydrogen) atoms. The van der Waals surface area contributed by atoms with Crippen molar-refractivity contribution in [1.82, 2.24) is 10.2 Å². The first-order valence-electron chi connectivity index (χ1n) is 8.40. The molecule has 3 rings (SSSR count). The predicted molar refractivity (Wildman–Crippen MR) is 83.2 cm³/mol. The van der Waals surface area contributed by atoms with Gasteiger partial charge in [0, 0.05) is 31.3 Å². The highest BCUT2D eigenvalue weighted by molar-refractivity contribution is 5.21. The maximum absolute atomic E-state index is 5.94. The topological polar surface area (TPSA) is 37.6 Å². The minimum Gasteiger partial charge on any atom is -0.465 e. The van der Waals surface area contributed by atoms with Crippen LogP contribution in [0.2, 0.25) is 0 Å². The van der Waals surface area contributed by atoms with Crippen LogP contribution in [0.5, 0.6) is 0 Å². The molecule has 2 aliphatic rings. The van der Waals surface area contributed by atoms with Gasteiger partial charge in [-0.2, -0.15) is 0 Å². The number of aryl methyl sites for hydroxylation is 1. The maximum Gasteiger partial charge on any atom is 0.118 e. The Hall–Kier alpha value is -0.840. The van der Waals surface area contributed by atoms with Gasteiger partial charge in [-0.1, -0.05) is 0 Å². The lowest BCUT2D eigenvalue weighted by Crippen LogP contribution is -2.39.